The van der Waals surface area contributed by atoms with Gasteiger partial charge in [0.25, 0.3) is 0 Å². The van der Waals surface area contributed by atoms with E-state index in [1.807, 2.05) is 4.57 Å². The highest BCUT2D eigenvalue weighted by molar-refractivity contribution is 7.89. The van der Waals surface area contributed by atoms with Gasteiger partial charge in [0.05, 0.1) is 28.1 Å². The molecule has 3 aromatic rings. The average Bonchev–Trinajstić information content (AvgIpc) is 3.11. The van der Waals surface area contributed by atoms with Crippen LogP contribution < -0.4 is 15.8 Å². The highest BCUT2D eigenvalue weighted by atomic mass is 32.2. The molecule has 0 bridgehead atoms. The topological polar surface area (TPSA) is 132 Å². The Morgan fingerprint density at radius 2 is 1.88 bits per heavy atom. The lowest BCUT2D eigenvalue weighted by Gasteiger charge is -2.42. The lowest BCUT2D eigenvalue weighted by atomic mass is 9.78. The molecule has 0 saturated heterocycles. The van der Waals surface area contributed by atoms with Gasteiger partial charge in [-0.15, -0.1) is 0 Å². The fourth-order valence-electron chi connectivity index (χ4n) is 4.96. The first kappa shape index (κ1) is 22.6. The first-order valence-electron chi connectivity index (χ1n) is 10.7. The summed E-state index contributed by atoms with van der Waals surface area (Å²) in [5.41, 5.74) is -1.55. The van der Waals surface area contributed by atoms with Crippen molar-refractivity contribution in [1.82, 2.24) is 14.5 Å². The van der Waals surface area contributed by atoms with Crippen LogP contribution in [0.1, 0.15) is 44.1 Å². The lowest BCUT2D eigenvalue weighted by molar-refractivity contribution is -0.137. The van der Waals surface area contributed by atoms with Gasteiger partial charge in [-0.2, -0.15) is 18.2 Å². The molecule has 3 heterocycles. The van der Waals surface area contributed by atoms with Gasteiger partial charge in [0.2, 0.25) is 21.9 Å². The van der Waals surface area contributed by atoms with Crippen LogP contribution in [0.15, 0.2) is 35.4 Å². The maximum Gasteiger partial charge on any atom is 0.418 e. The molecule has 5 rings (SSSR count). The zero-order valence-electron chi connectivity index (χ0n) is 17.8. The predicted molar refractivity (Wildman–Crippen MR) is 118 cm³/mol. The zero-order chi connectivity index (χ0) is 24.3. The van der Waals surface area contributed by atoms with E-state index in [1.165, 1.54) is 6.20 Å². The number of rotatable bonds is 3. The third kappa shape index (κ3) is 3.88. The standard InChI is InChI=1S/C21H21F3N6O3S/c22-21(23,24)14-9-13(34(25,32)33)4-5-15(14)27-19-26-11-12-8-16-28-17(31)10-20(6-2-1-3-7-20)30(16)18(12)29-19/h4-5,8-9,11H,1-3,6-7,10H2,(H,28,31)(H2,25,32,33)(H,26,27,29). The smallest absolute Gasteiger partial charge is 0.324 e. The second-order valence-corrected chi connectivity index (χ2v) is 10.3. The number of hydrogen-bond acceptors (Lipinski definition) is 6. The van der Waals surface area contributed by atoms with Crippen LogP contribution in [0.4, 0.5) is 30.6 Å². The van der Waals surface area contributed by atoms with Crippen LogP contribution >= 0.6 is 0 Å². The van der Waals surface area contributed by atoms with Crippen molar-refractivity contribution in [2.24, 2.45) is 5.14 Å². The van der Waals surface area contributed by atoms with E-state index < -0.39 is 37.9 Å². The number of nitrogens with two attached hydrogens (primary N) is 1. The van der Waals surface area contributed by atoms with Gasteiger partial charge in [0, 0.05) is 11.6 Å². The van der Waals surface area contributed by atoms with Crippen molar-refractivity contribution < 1.29 is 26.4 Å². The molecular weight excluding hydrogens is 473 g/mol. The Balaban J connectivity index is 1.60. The average molecular weight is 494 g/mol. The van der Waals surface area contributed by atoms with Crippen molar-refractivity contribution in [3.05, 3.63) is 36.0 Å². The van der Waals surface area contributed by atoms with Gasteiger partial charge < -0.3 is 15.2 Å². The maximum atomic E-state index is 13.7. The van der Waals surface area contributed by atoms with Gasteiger partial charge in [-0.25, -0.2) is 18.5 Å². The molecule has 13 heteroatoms. The summed E-state index contributed by atoms with van der Waals surface area (Å²) < 4.78 is 66.0. The van der Waals surface area contributed by atoms with Crippen LogP contribution in [0.5, 0.6) is 0 Å². The van der Waals surface area contributed by atoms with E-state index in [9.17, 15) is 26.4 Å². The lowest BCUT2D eigenvalue weighted by Crippen LogP contribution is -2.44. The predicted octanol–water partition coefficient (Wildman–Crippen LogP) is 3.84. The molecule has 0 atom stereocenters. The van der Waals surface area contributed by atoms with Gasteiger partial charge >= 0.3 is 6.18 Å². The molecule has 0 unspecified atom stereocenters. The van der Waals surface area contributed by atoms with E-state index in [2.05, 4.69) is 20.6 Å². The van der Waals surface area contributed by atoms with Crippen LogP contribution in [0.2, 0.25) is 0 Å². The molecule has 2 aromatic heterocycles. The fraction of sp³-hybridized carbons (Fsp3) is 0.381. The number of nitrogens with zero attached hydrogens (tertiary/aromatic N) is 3. The van der Waals surface area contributed by atoms with Crippen molar-refractivity contribution >= 4 is 44.4 Å². The first-order chi connectivity index (χ1) is 16.0. The third-order valence-electron chi connectivity index (χ3n) is 6.43. The van der Waals surface area contributed by atoms with E-state index in [1.54, 1.807) is 6.07 Å². The third-order valence-corrected chi connectivity index (χ3v) is 7.34. The number of hydrogen-bond donors (Lipinski definition) is 3. The Kier molecular flexibility index (Phi) is 5.09. The Morgan fingerprint density at radius 1 is 1.15 bits per heavy atom. The summed E-state index contributed by atoms with van der Waals surface area (Å²) >= 11 is 0. The van der Waals surface area contributed by atoms with Crippen LogP contribution in [0.3, 0.4) is 0 Å². The Hall–Kier alpha value is -3.19. The summed E-state index contributed by atoms with van der Waals surface area (Å²) in [4.78, 5) is 20.4. The molecule has 1 aliphatic heterocycles. The quantitative estimate of drug-likeness (QED) is 0.507. The van der Waals surface area contributed by atoms with E-state index in [0.29, 0.717) is 29.3 Å². The molecule has 34 heavy (non-hydrogen) atoms. The largest absolute Gasteiger partial charge is 0.418 e. The number of nitrogens with one attached hydrogen (secondary N) is 2. The molecule has 1 aliphatic carbocycles. The second-order valence-electron chi connectivity index (χ2n) is 8.72. The van der Waals surface area contributed by atoms with Gasteiger partial charge in [-0.1, -0.05) is 19.3 Å². The van der Waals surface area contributed by atoms with Crippen molar-refractivity contribution in [2.75, 3.05) is 10.6 Å². The summed E-state index contributed by atoms with van der Waals surface area (Å²) in [5.74, 6) is 0.423. The van der Waals surface area contributed by atoms with Gasteiger partial charge in [-0.05, 0) is 37.1 Å². The maximum absolute atomic E-state index is 13.7. The monoisotopic (exact) mass is 494 g/mol. The van der Waals surface area contributed by atoms with E-state index >= 15 is 0 Å². The van der Waals surface area contributed by atoms with E-state index in [-0.39, 0.29) is 11.9 Å². The molecule has 1 aromatic carbocycles. The van der Waals surface area contributed by atoms with E-state index in [0.717, 1.165) is 44.2 Å². The van der Waals surface area contributed by atoms with Crippen molar-refractivity contribution in [2.45, 2.75) is 55.1 Å². The van der Waals surface area contributed by atoms with E-state index in [4.69, 9.17) is 5.14 Å². The number of aromatic nitrogens is 3. The summed E-state index contributed by atoms with van der Waals surface area (Å²) in [6.45, 7) is 0. The fourth-order valence-corrected chi connectivity index (χ4v) is 5.50. The summed E-state index contributed by atoms with van der Waals surface area (Å²) in [5, 5.41) is 11.1. The minimum atomic E-state index is -4.85. The van der Waals surface area contributed by atoms with Gasteiger partial charge in [0.15, 0.2) is 0 Å². The van der Waals surface area contributed by atoms with Crippen LogP contribution in [-0.4, -0.2) is 28.9 Å². The van der Waals surface area contributed by atoms with Crippen LogP contribution in [0.25, 0.3) is 11.0 Å². The zero-order valence-corrected chi connectivity index (χ0v) is 18.6. The number of anilines is 3. The molecule has 2 aliphatic rings. The number of alkyl halides is 3. The number of amides is 1. The Bertz CT molecular complexity index is 1410. The Morgan fingerprint density at radius 3 is 2.56 bits per heavy atom. The number of carbonyl (C=O) groups excluding carboxylic acids is 1. The summed E-state index contributed by atoms with van der Waals surface area (Å²) in [6, 6.07) is 4.19. The molecule has 1 fully saturated rings. The number of fused-ring (bicyclic) bond motifs is 4. The van der Waals surface area contributed by atoms with Crippen LogP contribution in [0, 0.1) is 0 Å². The number of carbonyl (C=O) groups is 1. The second kappa shape index (κ2) is 7.67. The van der Waals surface area contributed by atoms with Crippen LogP contribution in [-0.2, 0) is 26.5 Å². The summed E-state index contributed by atoms with van der Waals surface area (Å²) in [6.07, 6.45) is 1.55. The first-order valence-corrected chi connectivity index (χ1v) is 12.2. The number of benzene rings is 1. The van der Waals surface area contributed by atoms with Crippen molar-refractivity contribution in [3.63, 3.8) is 0 Å². The van der Waals surface area contributed by atoms with Gasteiger partial charge in [0.1, 0.15) is 11.5 Å². The highest BCUT2D eigenvalue weighted by Crippen LogP contribution is 2.45. The number of halogens is 3. The van der Waals surface area contributed by atoms with Gasteiger partial charge in [-0.3, -0.25) is 4.79 Å². The highest BCUT2D eigenvalue weighted by Gasteiger charge is 2.42. The molecule has 180 valence electrons. The molecule has 1 amide bonds. The number of primary sulfonamides is 1. The molecule has 0 radical (unpaired) electrons. The minimum Gasteiger partial charge on any atom is -0.324 e. The molecular formula is C21H21F3N6O3S. The molecule has 1 spiro atoms. The molecule has 4 N–H and O–H groups in total. The normalized spacial score (nSPS) is 18.1. The van der Waals surface area contributed by atoms with Crippen molar-refractivity contribution in [3.8, 4) is 0 Å². The molecule has 1 saturated carbocycles. The molecule has 9 nitrogen and oxygen atoms in total. The minimum absolute atomic E-state index is 0.0757. The van der Waals surface area contributed by atoms with Crippen molar-refractivity contribution in [1.29, 1.82) is 0 Å². The summed E-state index contributed by atoms with van der Waals surface area (Å²) in [7, 11) is -4.32. The SMILES string of the molecule is NS(=O)(=O)c1ccc(Nc2ncc3cc4n(c3n2)C2(CCCCC2)CC(=O)N4)c(C(F)(F)F)c1. The Labute approximate surface area is 192 Å². The number of sulfonamides is 1.